The molecule has 0 radical (unpaired) electrons. The van der Waals surface area contributed by atoms with Crippen LogP contribution >= 0.6 is 0 Å². The van der Waals surface area contributed by atoms with Gasteiger partial charge in [0, 0.05) is 12.1 Å². The highest BCUT2D eigenvalue weighted by molar-refractivity contribution is 6.05. The zero-order chi connectivity index (χ0) is 14.9. The first-order valence-corrected chi connectivity index (χ1v) is 5.57. The molecule has 0 fully saturated rings. The molecule has 0 amide bonds. The lowest BCUT2D eigenvalue weighted by atomic mass is 10.1. The summed E-state index contributed by atoms with van der Waals surface area (Å²) in [6.45, 7) is 1.30. The van der Waals surface area contributed by atoms with Crippen molar-refractivity contribution >= 4 is 22.5 Å². The van der Waals surface area contributed by atoms with Crippen LogP contribution in [0.3, 0.4) is 0 Å². The van der Waals surface area contributed by atoms with E-state index in [1.54, 1.807) is 0 Å². The predicted octanol–water partition coefficient (Wildman–Crippen LogP) is 1.76. The second-order valence-corrected chi connectivity index (χ2v) is 3.92. The number of nitro benzene ring substituents is 1. The fourth-order valence-corrected chi connectivity index (χ4v) is 1.75. The van der Waals surface area contributed by atoms with Crippen molar-refractivity contribution in [1.82, 2.24) is 9.97 Å². The number of methoxy groups -OCH3 is 2. The number of carbonyl (C=O) groups is 1. The Labute approximate surface area is 113 Å². The van der Waals surface area contributed by atoms with Crippen LogP contribution in [-0.4, -0.2) is 34.9 Å². The molecule has 1 heterocycles. The summed E-state index contributed by atoms with van der Waals surface area (Å²) < 4.78 is 10.0. The molecule has 0 spiro atoms. The van der Waals surface area contributed by atoms with E-state index in [1.807, 2.05) is 0 Å². The molecule has 0 aliphatic rings. The van der Waals surface area contributed by atoms with Crippen LogP contribution in [0.5, 0.6) is 11.8 Å². The molecule has 0 saturated heterocycles. The van der Waals surface area contributed by atoms with Gasteiger partial charge in [-0.3, -0.25) is 14.9 Å². The third-order valence-electron chi connectivity index (χ3n) is 2.67. The number of nitrogens with zero attached hydrogens (tertiary/aromatic N) is 3. The van der Waals surface area contributed by atoms with E-state index in [9.17, 15) is 14.9 Å². The van der Waals surface area contributed by atoms with Crippen molar-refractivity contribution in [3.63, 3.8) is 0 Å². The molecular formula is C12H11N3O5. The molecule has 104 valence electrons. The van der Waals surface area contributed by atoms with Gasteiger partial charge in [0.15, 0.2) is 5.78 Å². The Kier molecular flexibility index (Phi) is 3.47. The second kappa shape index (κ2) is 5.08. The largest absolute Gasteiger partial charge is 0.477 e. The number of aromatic nitrogens is 2. The van der Waals surface area contributed by atoms with Crippen LogP contribution in [0, 0.1) is 10.1 Å². The van der Waals surface area contributed by atoms with Gasteiger partial charge in [0.25, 0.3) is 17.4 Å². The van der Waals surface area contributed by atoms with Crippen molar-refractivity contribution in [1.29, 1.82) is 0 Å². The van der Waals surface area contributed by atoms with E-state index >= 15 is 0 Å². The first-order chi connectivity index (χ1) is 9.47. The Morgan fingerprint density at radius 3 is 2.30 bits per heavy atom. The number of Topliss-reactive ketones (excluding diaryl/α,β-unsaturated/α-hetero) is 1. The maximum atomic E-state index is 11.6. The van der Waals surface area contributed by atoms with E-state index in [2.05, 4.69) is 9.97 Å². The van der Waals surface area contributed by atoms with Gasteiger partial charge in [0.05, 0.1) is 24.7 Å². The molecule has 8 heteroatoms. The lowest BCUT2D eigenvalue weighted by Crippen LogP contribution is -2.03. The van der Waals surface area contributed by atoms with Gasteiger partial charge >= 0.3 is 0 Å². The number of ether oxygens (including phenoxy) is 2. The quantitative estimate of drug-likeness (QED) is 0.476. The molecule has 2 aromatic rings. The lowest BCUT2D eigenvalue weighted by molar-refractivity contribution is -0.384. The van der Waals surface area contributed by atoms with E-state index in [1.165, 1.54) is 33.3 Å². The fraction of sp³-hybridized carbons (Fsp3) is 0.250. The number of fused-ring (bicyclic) bond motifs is 1. The Bertz CT molecular complexity index is 714. The van der Waals surface area contributed by atoms with Gasteiger partial charge in [-0.2, -0.15) is 0 Å². The standard InChI is InChI=1S/C12H11N3O5/c1-6(16)8-4-7(15(17)18)5-9-10(8)14-12(20-3)11(13-9)19-2/h4-5H,1-3H3. The molecule has 0 unspecified atom stereocenters. The number of non-ortho nitro benzene ring substituents is 1. The Balaban J connectivity index is 2.86. The number of hydrogen-bond acceptors (Lipinski definition) is 7. The van der Waals surface area contributed by atoms with E-state index in [0.717, 1.165) is 0 Å². The molecule has 0 atom stereocenters. The van der Waals surface area contributed by atoms with Gasteiger partial charge in [0.2, 0.25) is 0 Å². The molecule has 0 aliphatic heterocycles. The van der Waals surface area contributed by atoms with Crippen molar-refractivity contribution in [3.05, 3.63) is 27.8 Å². The minimum atomic E-state index is -0.593. The molecule has 2 rings (SSSR count). The monoisotopic (exact) mass is 277 g/mol. The molecule has 1 aromatic heterocycles. The van der Waals surface area contributed by atoms with E-state index < -0.39 is 4.92 Å². The first kappa shape index (κ1) is 13.7. The average Bonchev–Trinajstić information content (AvgIpc) is 2.43. The summed E-state index contributed by atoms with van der Waals surface area (Å²) in [4.78, 5) is 30.1. The Morgan fingerprint density at radius 1 is 1.20 bits per heavy atom. The van der Waals surface area contributed by atoms with Gasteiger partial charge in [-0.15, -0.1) is 0 Å². The lowest BCUT2D eigenvalue weighted by Gasteiger charge is -2.08. The number of ketones is 1. The van der Waals surface area contributed by atoms with Gasteiger partial charge < -0.3 is 9.47 Å². The third-order valence-corrected chi connectivity index (χ3v) is 2.67. The topological polar surface area (TPSA) is 104 Å². The molecule has 0 saturated carbocycles. The fourth-order valence-electron chi connectivity index (χ4n) is 1.75. The summed E-state index contributed by atoms with van der Waals surface area (Å²) >= 11 is 0. The van der Waals surface area contributed by atoms with E-state index in [4.69, 9.17) is 9.47 Å². The summed E-state index contributed by atoms with van der Waals surface area (Å²) in [7, 11) is 2.76. The van der Waals surface area contributed by atoms with Crippen molar-refractivity contribution in [2.24, 2.45) is 0 Å². The summed E-state index contributed by atoms with van der Waals surface area (Å²) in [5.41, 5.74) is 0.315. The first-order valence-electron chi connectivity index (χ1n) is 5.57. The summed E-state index contributed by atoms with van der Waals surface area (Å²) in [6.07, 6.45) is 0. The van der Waals surface area contributed by atoms with Gasteiger partial charge in [-0.05, 0) is 6.92 Å². The minimum Gasteiger partial charge on any atom is -0.477 e. The number of nitro groups is 1. The van der Waals surface area contributed by atoms with Crippen molar-refractivity contribution < 1.29 is 19.2 Å². The van der Waals surface area contributed by atoms with Crippen LogP contribution in [-0.2, 0) is 0 Å². The van der Waals surface area contributed by atoms with Crippen LogP contribution in [0.15, 0.2) is 12.1 Å². The second-order valence-electron chi connectivity index (χ2n) is 3.92. The van der Waals surface area contributed by atoms with E-state index in [-0.39, 0.29) is 39.8 Å². The number of rotatable bonds is 4. The summed E-state index contributed by atoms with van der Waals surface area (Å²) in [6, 6.07) is 2.40. The summed E-state index contributed by atoms with van der Waals surface area (Å²) in [5, 5.41) is 10.9. The average molecular weight is 277 g/mol. The number of hydrogen-bond donors (Lipinski definition) is 0. The Morgan fingerprint density at radius 2 is 1.80 bits per heavy atom. The van der Waals surface area contributed by atoms with E-state index in [0.29, 0.717) is 0 Å². The van der Waals surface area contributed by atoms with Crippen LogP contribution in [0.1, 0.15) is 17.3 Å². The third kappa shape index (κ3) is 2.22. The maximum Gasteiger partial charge on any atom is 0.278 e. The van der Waals surface area contributed by atoms with Crippen LogP contribution < -0.4 is 9.47 Å². The highest BCUT2D eigenvalue weighted by atomic mass is 16.6. The highest BCUT2D eigenvalue weighted by Crippen LogP contribution is 2.29. The summed E-state index contributed by atoms with van der Waals surface area (Å²) in [5.74, 6) is -0.147. The van der Waals surface area contributed by atoms with Crippen molar-refractivity contribution in [3.8, 4) is 11.8 Å². The molecule has 8 nitrogen and oxygen atoms in total. The molecular weight excluding hydrogens is 266 g/mol. The normalized spacial score (nSPS) is 10.3. The van der Waals surface area contributed by atoms with Crippen LogP contribution in [0.25, 0.3) is 11.0 Å². The zero-order valence-corrected chi connectivity index (χ0v) is 11.0. The molecule has 20 heavy (non-hydrogen) atoms. The number of benzene rings is 1. The van der Waals surface area contributed by atoms with Crippen molar-refractivity contribution in [2.75, 3.05) is 14.2 Å². The molecule has 0 N–H and O–H groups in total. The van der Waals surface area contributed by atoms with Gasteiger partial charge in [-0.1, -0.05) is 0 Å². The zero-order valence-electron chi connectivity index (χ0n) is 11.0. The number of carbonyl (C=O) groups excluding carboxylic acids is 1. The van der Waals surface area contributed by atoms with Gasteiger partial charge in [0.1, 0.15) is 11.0 Å². The SMILES string of the molecule is COc1nc2cc([N+](=O)[O-])cc(C(C)=O)c2nc1OC. The smallest absolute Gasteiger partial charge is 0.278 e. The minimum absolute atomic E-state index is 0.0926. The molecule has 1 aromatic carbocycles. The van der Waals surface area contributed by atoms with Gasteiger partial charge in [-0.25, -0.2) is 9.97 Å². The van der Waals surface area contributed by atoms with Crippen LogP contribution in [0.4, 0.5) is 5.69 Å². The maximum absolute atomic E-state index is 11.6. The molecule has 0 bridgehead atoms. The van der Waals surface area contributed by atoms with Crippen LogP contribution in [0.2, 0.25) is 0 Å². The molecule has 0 aliphatic carbocycles. The highest BCUT2D eigenvalue weighted by Gasteiger charge is 2.19. The van der Waals surface area contributed by atoms with Crippen molar-refractivity contribution in [2.45, 2.75) is 6.92 Å². The predicted molar refractivity (Wildman–Crippen MR) is 69.3 cm³/mol. The Hall–Kier alpha value is -2.77.